The maximum atomic E-state index is 13.1. The summed E-state index contributed by atoms with van der Waals surface area (Å²) in [5.41, 5.74) is 2.09. The number of nitrogens with zero attached hydrogens (tertiary/aromatic N) is 1. The van der Waals surface area contributed by atoms with Crippen molar-refractivity contribution in [1.29, 1.82) is 0 Å². The summed E-state index contributed by atoms with van der Waals surface area (Å²) in [6.45, 7) is 3.63. The van der Waals surface area contributed by atoms with E-state index in [0.29, 0.717) is 27.5 Å². The van der Waals surface area contributed by atoms with Gasteiger partial charge < -0.3 is 16.0 Å². The van der Waals surface area contributed by atoms with Crippen molar-refractivity contribution in [2.75, 3.05) is 22.1 Å². The molecule has 3 aromatic rings. The summed E-state index contributed by atoms with van der Waals surface area (Å²) in [6, 6.07) is 16.3. The number of carbonyl (C=O) groups excluding carboxylic acids is 4. The zero-order valence-corrected chi connectivity index (χ0v) is 19.5. The van der Waals surface area contributed by atoms with Crippen LogP contribution < -0.4 is 20.9 Å². The van der Waals surface area contributed by atoms with E-state index in [2.05, 4.69) is 16.0 Å². The minimum atomic E-state index is -0.723. The quantitative estimate of drug-likeness (QED) is 0.504. The molecule has 1 unspecified atom stereocenters. The van der Waals surface area contributed by atoms with Crippen molar-refractivity contribution in [3.63, 3.8) is 0 Å². The second-order valence-electron chi connectivity index (χ2n) is 8.20. The summed E-state index contributed by atoms with van der Waals surface area (Å²) in [7, 11) is 0. The van der Waals surface area contributed by atoms with Crippen molar-refractivity contribution >= 4 is 52.0 Å². The van der Waals surface area contributed by atoms with Gasteiger partial charge in [-0.15, -0.1) is 11.3 Å². The van der Waals surface area contributed by atoms with Crippen molar-refractivity contribution in [1.82, 2.24) is 5.32 Å². The van der Waals surface area contributed by atoms with Crippen LogP contribution in [0.15, 0.2) is 66.0 Å². The zero-order valence-electron chi connectivity index (χ0n) is 18.7. The highest BCUT2D eigenvalue weighted by atomic mass is 32.1. The molecule has 1 aliphatic rings. The highest BCUT2D eigenvalue weighted by Gasteiger charge is 2.28. The number of hydrogen-bond acceptors (Lipinski definition) is 5. The first kappa shape index (κ1) is 23.2. The van der Waals surface area contributed by atoms with Gasteiger partial charge in [0.15, 0.2) is 0 Å². The van der Waals surface area contributed by atoms with Crippen LogP contribution in [0.2, 0.25) is 0 Å². The topological polar surface area (TPSA) is 108 Å². The predicted octanol–water partition coefficient (Wildman–Crippen LogP) is 3.74. The minimum Gasteiger partial charge on any atom is -0.339 e. The molecule has 1 aliphatic heterocycles. The SMILES string of the molecule is CC(C)C(NC(=O)c1cccs1)C(=O)Nc1ccc(C(=O)N2CC(=O)Nc3ccccc32)cc1. The molecule has 1 aromatic heterocycles. The van der Waals surface area contributed by atoms with Gasteiger partial charge in [-0.3, -0.25) is 24.1 Å². The molecule has 2 heterocycles. The van der Waals surface area contributed by atoms with E-state index in [1.54, 1.807) is 66.0 Å². The zero-order chi connectivity index (χ0) is 24.2. The Balaban J connectivity index is 1.45. The number of amides is 4. The van der Waals surface area contributed by atoms with Crippen LogP contribution in [-0.2, 0) is 9.59 Å². The Hall–Kier alpha value is -3.98. The number of fused-ring (bicyclic) bond motifs is 1. The van der Waals surface area contributed by atoms with Crippen LogP contribution in [0, 0.1) is 5.92 Å². The highest BCUT2D eigenvalue weighted by molar-refractivity contribution is 7.12. The molecule has 1 atom stereocenters. The lowest BCUT2D eigenvalue weighted by atomic mass is 10.0. The molecule has 0 saturated heterocycles. The summed E-state index contributed by atoms with van der Waals surface area (Å²) in [5, 5.41) is 10.2. The Morgan fingerprint density at radius 2 is 1.74 bits per heavy atom. The molecule has 0 aliphatic carbocycles. The van der Waals surface area contributed by atoms with E-state index < -0.39 is 6.04 Å². The fraction of sp³-hybridized carbons (Fsp3) is 0.200. The van der Waals surface area contributed by atoms with Gasteiger partial charge in [0.2, 0.25) is 11.8 Å². The molecule has 9 heteroatoms. The Morgan fingerprint density at radius 3 is 2.41 bits per heavy atom. The van der Waals surface area contributed by atoms with E-state index in [1.807, 2.05) is 13.8 Å². The molecule has 0 saturated carbocycles. The Bertz CT molecular complexity index is 1220. The van der Waals surface area contributed by atoms with Crippen LogP contribution in [-0.4, -0.2) is 36.2 Å². The first-order valence-electron chi connectivity index (χ1n) is 10.8. The maximum Gasteiger partial charge on any atom is 0.262 e. The number of benzene rings is 2. The Morgan fingerprint density at radius 1 is 1.00 bits per heavy atom. The van der Waals surface area contributed by atoms with Gasteiger partial charge in [-0.05, 0) is 53.8 Å². The lowest BCUT2D eigenvalue weighted by Gasteiger charge is -2.29. The maximum absolute atomic E-state index is 13.1. The van der Waals surface area contributed by atoms with Crippen molar-refractivity contribution in [2.45, 2.75) is 19.9 Å². The second-order valence-corrected chi connectivity index (χ2v) is 9.14. The molecule has 4 rings (SSSR count). The molecule has 0 fully saturated rings. The minimum absolute atomic E-state index is 0.0751. The lowest BCUT2D eigenvalue weighted by Crippen LogP contribution is -2.46. The molecule has 0 radical (unpaired) electrons. The Labute approximate surface area is 201 Å². The van der Waals surface area contributed by atoms with Crippen LogP contribution >= 0.6 is 11.3 Å². The lowest BCUT2D eigenvalue weighted by molar-refractivity contribution is -0.119. The normalized spacial score (nSPS) is 13.6. The summed E-state index contributed by atoms with van der Waals surface area (Å²) in [6.07, 6.45) is 0. The molecule has 34 heavy (non-hydrogen) atoms. The van der Waals surface area contributed by atoms with Crippen LogP contribution in [0.1, 0.15) is 33.9 Å². The molecule has 3 N–H and O–H groups in total. The van der Waals surface area contributed by atoms with Crippen LogP contribution in [0.4, 0.5) is 17.1 Å². The smallest absolute Gasteiger partial charge is 0.262 e. The summed E-state index contributed by atoms with van der Waals surface area (Å²) in [4.78, 5) is 52.3. The van der Waals surface area contributed by atoms with Gasteiger partial charge in [0.1, 0.15) is 12.6 Å². The number of thiophene rings is 1. The fourth-order valence-corrected chi connectivity index (χ4v) is 4.27. The Kier molecular flexibility index (Phi) is 6.74. The third-order valence-corrected chi connectivity index (χ3v) is 6.26. The van der Waals surface area contributed by atoms with Crippen LogP contribution in [0.25, 0.3) is 0 Å². The van der Waals surface area contributed by atoms with Crippen molar-refractivity contribution in [3.8, 4) is 0 Å². The largest absolute Gasteiger partial charge is 0.339 e. The van der Waals surface area contributed by atoms with Crippen molar-refractivity contribution < 1.29 is 19.2 Å². The number of nitrogens with one attached hydrogen (secondary N) is 3. The van der Waals surface area contributed by atoms with Crippen molar-refractivity contribution in [3.05, 3.63) is 76.5 Å². The third-order valence-electron chi connectivity index (χ3n) is 5.40. The van der Waals surface area contributed by atoms with E-state index in [9.17, 15) is 19.2 Å². The van der Waals surface area contributed by atoms with E-state index in [1.165, 1.54) is 16.2 Å². The predicted molar refractivity (Wildman–Crippen MR) is 132 cm³/mol. The first-order chi connectivity index (χ1) is 16.3. The first-order valence-corrected chi connectivity index (χ1v) is 11.7. The van der Waals surface area contributed by atoms with Gasteiger partial charge in [-0.2, -0.15) is 0 Å². The number of carbonyl (C=O) groups is 4. The monoisotopic (exact) mass is 476 g/mol. The fourth-order valence-electron chi connectivity index (χ4n) is 3.64. The van der Waals surface area contributed by atoms with Gasteiger partial charge in [0.05, 0.1) is 16.3 Å². The second kappa shape index (κ2) is 9.88. The van der Waals surface area contributed by atoms with Gasteiger partial charge in [0, 0.05) is 11.3 Å². The molecule has 2 aromatic carbocycles. The molecule has 0 bridgehead atoms. The molecule has 8 nitrogen and oxygen atoms in total. The number of hydrogen-bond donors (Lipinski definition) is 3. The van der Waals surface area contributed by atoms with Crippen LogP contribution in [0.5, 0.6) is 0 Å². The number of anilines is 3. The van der Waals surface area contributed by atoms with E-state index in [0.717, 1.165) is 0 Å². The van der Waals surface area contributed by atoms with E-state index >= 15 is 0 Å². The summed E-state index contributed by atoms with van der Waals surface area (Å²) in [5.74, 6) is -1.35. The molecular formula is C25H24N4O4S. The molecular weight excluding hydrogens is 452 g/mol. The number of para-hydroxylation sites is 2. The highest BCUT2D eigenvalue weighted by Crippen LogP contribution is 2.30. The van der Waals surface area contributed by atoms with Gasteiger partial charge >= 0.3 is 0 Å². The molecule has 4 amide bonds. The van der Waals surface area contributed by atoms with E-state index in [4.69, 9.17) is 0 Å². The average Bonchev–Trinajstić information content (AvgIpc) is 3.37. The standard InChI is InChI=1S/C25H24N4O4S/c1-15(2)22(28-23(31)20-8-5-13-34-20)24(32)26-17-11-9-16(10-12-17)25(33)29-14-21(30)27-18-6-3-4-7-19(18)29/h3-13,15,22H,14H2,1-2H3,(H,26,32)(H,27,30)(H,28,31). The molecule has 0 spiro atoms. The van der Waals surface area contributed by atoms with E-state index in [-0.39, 0.29) is 36.1 Å². The number of rotatable bonds is 6. The van der Waals surface area contributed by atoms with Crippen molar-refractivity contribution in [2.24, 2.45) is 5.92 Å². The average molecular weight is 477 g/mol. The third kappa shape index (κ3) is 4.99. The van der Waals surface area contributed by atoms with Gasteiger partial charge in [-0.25, -0.2) is 0 Å². The van der Waals surface area contributed by atoms with Gasteiger partial charge in [-0.1, -0.05) is 32.0 Å². The summed E-state index contributed by atoms with van der Waals surface area (Å²) < 4.78 is 0. The summed E-state index contributed by atoms with van der Waals surface area (Å²) >= 11 is 1.31. The van der Waals surface area contributed by atoms with Gasteiger partial charge in [0.25, 0.3) is 11.8 Å². The van der Waals surface area contributed by atoms with Crippen LogP contribution in [0.3, 0.4) is 0 Å². The molecule has 174 valence electrons.